The summed E-state index contributed by atoms with van der Waals surface area (Å²) >= 11 is 0. The number of nitrogens with zero attached hydrogens (tertiary/aromatic N) is 1. The predicted octanol–water partition coefficient (Wildman–Crippen LogP) is 5.00. The molecule has 6 nitrogen and oxygen atoms in total. The van der Waals surface area contributed by atoms with Crippen LogP contribution in [0.2, 0.25) is 0 Å². The first kappa shape index (κ1) is 21.1. The molecule has 3 aromatic carbocycles. The van der Waals surface area contributed by atoms with Crippen molar-refractivity contribution in [2.45, 2.75) is 26.2 Å². The minimum Gasteiger partial charge on any atom is -0.496 e. The van der Waals surface area contributed by atoms with Crippen molar-refractivity contribution in [2.75, 3.05) is 14.2 Å². The van der Waals surface area contributed by atoms with Gasteiger partial charge in [-0.15, -0.1) is 0 Å². The normalized spacial score (nSPS) is 15.4. The molecule has 0 saturated heterocycles. The minimum atomic E-state index is -0.786. The zero-order chi connectivity index (χ0) is 23.3. The highest BCUT2D eigenvalue weighted by Crippen LogP contribution is 2.39. The summed E-state index contributed by atoms with van der Waals surface area (Å²) in [7, 11) is 3.21. The smallest absolute Gasteiger partial charge is 0.306 e. The van der Waals surface area contributed by atoms with Crippen LogP contribution in [0.25, 0.3) is 21.7 Å². The van der Waals surface area contributed by atoms with E-state index in [1.54, 1.807) is 18.8 Å². The van der Waals surface area contributed by atoms with Crippen molar-refractivity contribution in [3.63, 3.8) is 0 Å². The summed E-state index contributed by atoms with van der Waals surface area (Å²) in [5, 5.41) is 12.2. The maximum absolute atomic E-state index is 14.1. The van der Waals surface area contributed by atoms with Gasteiger partial charge in [0.2, 0.25) is 0 Å². The van der Waals surface area contributed by atoms with Crippen LogP contribution in [0.5, 0.6) is 11.5 Å². The molecule has 0 spiro atoms. The molecule has 1 atom stereocenters. The summed E-state index contributed by atoms with van der Waals surface area (Å²) in [5.41, 5.74) is 3.96. The van der Waals surface area contributed by atoms with Crippen LogP contribution >= 0.6 is 0 Å². The third-order valence-electron chi connectivity index (χ3n) is 6.82. The minimum absolute atomic E-state index is 0.148. The highest BCUT2D eigenvalue weighted by atomic mass is 16.5. The highest BCUT2D eigenvalue weighted by molar-refractivity contribution is 6.09. The number of rotatable bonds is 4. The number of carboxylic acid groups (broad SMARTS) is 1. The fourth-order valence-electron chi connectivity index (χ4n) is 5.20. The number of carbonyl (C=O) groups is 2. The van der Waals surface area contributed by atoms with Crippen LogP contribution in [0, 0.1) is 12.8 Å². The Kier molecular flexibility index (Phi) is 5.08. The first-order valence-corrected chi connectivity index (χ1v) is 11.0. The molecule has 33 heavy (non-hydrogen) atoms. The Balaban J connectivity index is 1.76. The Morgan fingerprint density at radius 3 is 2.48 bits per heavy atom. The maximum Gasteiger partial charge on any atom is 0.306 e. The second-order valence-electron chi connectivity index (χ2n) is 8.50. The molecule has 6 heteroatoms. The monoisotopic (exact) mass is 443 g/mol. The van der Waals surface area contributed by atoms with Crippen molar-refractivity contribution in [1.82, 2.24) is 4.57 Å². The van der Waals surface area contributed by atoms with E-state index in [0.717, 1.165) is 38.5 Å². The van der Waals surface area contributed by atoms with Crippen LogP contribution in [-0.4, -0.2) is 35.8 Å². The SMILES string of the molecule is COc1cccc2c(OC)c(C)c(C(=O)n3c4c(c5ccccc53)CC(C(=O)O)CC4)cc12. The zero-order valence-corrected chi connectivity index (χ0v) is 18.8. The molecule has 4 aromatic rings. The second kappa shape index (κ2) is 7.96. The lowest BCUT2D eigenvalue weighted by Gasteiger charge is -2.21. The summed E-state index contributed by atoms with van der Waals surface area (Å²) < 4.78 is 13.1. The van der Waals surface area contributed by atoms with E-state index in [-0.39, 0.29) is 5.91 Å². The largest absolute Gasteiger partial charge is 0.496 e. The summed E-state index contributed by atoms with van der Waals surface area (Å²) in [6, 6.07) is 15.3. The molecule has 1 aliphatic carbocycles. The molecular weight excluding hydrogens is 418 g/mol. The summed E-state index contributed by atoms with van der Waals surface area (Å²) in [5.74, 6) is -0.0518. The molecule has 168 valence electrons. The number of carboxylic acids is 1. The Morgan fingerprint density at radius 1 is 1.00 bits per heavy atom. The Labute approximate surface area is 191 Å². The average molecular weight is 443 g/mol. The van der Waals surface area contributed by atoms with Gasteiger partial charge in [0.15, 0.2) is 0 Å². The van der Waals surface area contributed by atoms with Crippen molar-refractivity contribution < 1.29 is 24.2 Å². The van der Waals surface area contributed by atoms with Crippen LogP contribution in [0.15, 0.2) is 48.5 Å². The zero-order valence-electron chi connectivity index (χ0n) is 18.8. The molecular formula is C27H25NO5. The molecule has 0 amide bonds. The van der Waals surface area contributed by atoms with E-state index in [1.165, 1.54) is 0 Å². The van der Waals surface area contributed by atoms with Gasteiger partial charge in [-0.1, -0.05) is 30.3 Å². The topological polar surface area (TPSA) is 77.8 Å². The maximum atomic E-state index is 14.1. The molecule has 1 aliphatic rings. The molecule has 0 saturated carbocycles. The van der Waals surface area contributed by atoms with Gasteiger partial charge in [-0.05, 0) is 49.9 Å². The standard InChI is InChI=1S/C27H25NO5/c1-15-19(14-21-18(25(15)33-3)8-6-10-24(21)32-2)26(29)28-22-9-5-4-7-17(22)20-13-16(27(30)31)11-12-23(20)28/h4-10,14,16H,11-13H2,1-3H3,(H,30,31). The number of hydrogen-bond acceptors (Lipinski definition) is 4. The molecule has 5 rings (SSSR count). The summed E-state index contributed by atoms with van der Waals surface area (Å²) in [6.45, 7) is 1.89. The number of para-hydroxylation sites is 1. The molecule has 0 aliphatic heterocycles. The number of fused-ring (bicyclic) bond motifs is 4. The van der Waals surface area contributed by atoms with Crippen LogP contribution in [-0.2, 0) is 17.6 Å². The van der Waals surface area contributed by atoms with Gasteiger partial charge >= 0.3 is 5.97 Å². The number of benzene rings is 3. The van der Waals surface area contributed by atoms with E-state index in [9.17, 15) is 14.7 Å². The van der Waals surface area contributed by atoms with Crippen molar-refractivity contribution in [2.24, 2.45) is 5.92 Å². The first-order chi connectivity index (χ1) is 16.0. The summed E-state index contributed by atoms with van der Waals surface area (Å²) in [6.07, 6.45) is 1.49. The Bertz CT molecular complexity index is 1430. The lowest BCUT2D eigenvalue weighted by Crippen LogP contribution is -2.25. The molecule has 0 radical (unpaired) electrons. The van der Waals surface area contributed by atoms with Gasteiger partial charge in [0.1, 0.15) is 11.5 Å². The van der Waals surface area contributed by atoms with E-state index < -0.39 is 11.9 Å². The van der Waals surface area contributed by atoms with E-state index in [0.29, 0.717) is 36.3 Å². The second-order valence-corrected chi connectivity index (χ2v) is 8.50. The van der Waals surface area contributed by atoms with E-state index in [1.807, 2.05) is 55.5 Å². The summed E-state index contributed by atoms with van der Waals surface area (Å²) in [4.78, 5) is 25.8. The number of ether oxygens (including phenoxy) is 2. The number of carbonyl (C=O) groups excluding carboxylic acids is 1. The lowest BCUT2D eigenvalue weighted by atomic mass is 9.86. The Hall–Kier alpha value is -3.80. The molecule has 1 N–H and O–H groups in total. The van der Waals surface area contributed by atoms with Crippen LogP contribution < -0.4 is 9.47 Å². The highest BCUT2D eigenvalue weighted by Gasteiger charge is 2.31. The van der Waals surface area contributed by atoms with E-state index >= 15 is 0 Å². The molecule has 1 unspecified atom stereocenters. The van der Waals surface area contributed by atoms with Gasteiger partial charge in [-0.2, -0.15) is 0 Å². The van der Waals surface area contributed by atoms with Crippen LogP contribution in [0.4, 0.5) is 0 Å². The molecule has 0 fully saturated rings. The van der Waals surface area contributed by atoms with Gasteiger partial charge < -0.3 is 14.6 Å². The molecule has 0 bridgehead atoms. The van der Waals surface area contributed by atoms with E-state index in [2.05, 4.69) is 0 Å². The molecule has 1 heterocycles. The van der Waals surface area contributed by atoms with Gasteiger partial charge in [0, 0.05) is 33.0 Å². The van der Waals surface area contributed by atoms with Crippen molar-refractivity contribution in [3.8, 4) is 11.5 Å². The number of aromatic nitrogens is 1. The van der Waals surface area contributed by atoms with E-state index in [4.69, 9.17) is 9.47 Å². The average Bonchev–Trinajstić information content (AvgIpc) is 3.16. The molecule has 1 aromatic heterocycles. The fraction of sp³-hybridized carbons (Fsp3) is 0.259. The van der Waals surface area contributed by atoms with Gasteiger partial charge in [-0.25, -0.2) is 0 Å². The van der Waals surface area contributed by atoms with Crippen molar-refractivity contribution in [3.05, 3.63) is 70.9 Å². The third kappa shape index (κ3) is 3.17. The fourth-order valence-corrected chi connectivity index (χ4v) is 5.20. The third-order valence-corrected chi connectivity index (χ3v) is 6.82. The van der Waals surface area contributed by atoms with Crippen molar-refractivity contribution >= 4 is 33.6 Å². The van der Waals surface area contributed by atoms with Crippen molar-refractivity contribution in [1.29, 1.82) is 0 Å². The van der Waals surface area contributed by atoms with Gasteiger partial charge in [0.05, 0.1) is 25.7 Å². The van der Waals surface area contributed by atoms with Crippen LogP contribution in [0.1, 0.15) is 33.6 Å². The first-order valence-electron chi connectivity index (χ1n) is 11.0. The lowest BCUT2D eigenvalue weighted by molar-refractivity contribution is -0.142. The number of aliphatic carboxylic acids is 1. The number of methoxy groups -OCH3 is 2. The number of hydrogen-bond donors (Lipinski definition) is 1. The van der Waals surface area contributed by atoms with Crippen LogP contribution in [0.3, 0.4) is 0 Å². The quantitative estimate of drug-likeness (QED) is 0.480. The van der Waals surface area contributed by atoms with Gasteiger partial charge in [0.25, 0.3) is 5.91 Å². The van der Waals surface area contributed by atoms with Gasteiger partial charge in [-0.3, -0.25) is 14.2 Å². The Morgan fingerprint density at radius 2 is 1.76 bits per heavy atom. The predicted molar refractivity (Wildman–Crippen MR) is 127 cm³/mol.